The van der Waals surface area contributed by atoms with Crippen LogP contribution in [0, 0.1) is 23.7 Å². The number of carbonyl (C=O) groups is 1. The van der Waals surface area contributed by atoms with Crippen LogP contribution in [-0.4, -0.2) is 89.0 Å². The van der Waals surface area contributed by atoms with Crippen molar-refractivity contribution in [2.24, 2.45) is 23.7 Å². The minimum atomic E-state index is -3.93. The zero-order valence-electron chi connectivity index (χ0n) is 29.7. The molecule has 6 aliphatic rings. The van der Waals surface area contributed by atoms with Gasteiger partial charge in [-0.25, -0.2) is 17.5 Å². The fourth-order valence-electron chi connectivity index (χ4n) is 9.69. The number of amides is 1. The fourth-order valence-corrected chi connectivity index (χ4v) is 11.2. The van der Waals surface area contributed by atoms with Gasteiger partial charge in [0.25, 0.3) is 5.91 Å². The van der Waals surface area contributed by atoms with Crippen LogP contribution in [0.4, 0.5) is 10.1 Å². The molecule has 8 rings (SSSR count). The van der Waals surface area contributed by atoms with Crippen LogP contribution in [0.3, 0.4) is 0 Å². The van der Waals surface area contributed by atoms with Gasteiger partial charge in [-0.15, -0.1) is 0 Å². The molecule has 0 radical (unpaired) electrons. The van der Waals surface area contributed by atoms with Gasteiger partial charge in [-0.2, -0.15) is 0 Å². The third-order valence-corrected chi connectivity index (χ3v) is 15.3. The summed E-state index contributed by atoms with van der Waals surface area (Å²) in [5.41, 5.74) is 3.38. The Morgan fingerprint density at radius 2 is 1.76 bits per heavy atom. The fraction of sp³-hybridized carbons (Fsp3) is 0.667. The van der Waals surface area contributed by atoms with E-state index in [1.807, 2.05) is 25.1 Å². The van der Waals surface area contributed by atoms with E-state index in [9.17, 15) is 17.6 Å². The predicted octanol–water partition coefficient (Wildman–Crippen LogP) is 6.12. The van der Waals surface area contributed by atoms with E-state index >= 15 is 0 Å². The first-order chi connectivity index (χ1) is 24.5. The molecule has 0 aromatic heterocycles. The summed E-state index contributed by atoms with van der Waals surface area (Å²) in [4.78, 5) is 18.1. The zero-order chi connectivity index (χ0) is 35.5. The highest BCUT2D eigenvalue weighted by Gasteiger charge is 2.47. The van der Waals surface area contributed by atoms with E-state index in [1.54, 1.807) is 13.0 Å². The molecule has 1 spiro atoms. The molecule has 1 amide bonds. The number of hydrogen-bond acceptors (Lipinski definition) is 8. The lowest BCUT2D eigenvalue weighted by molar-refractivity contribution is -0.249. The Balaban J connectivity index is 1.13. The predicted molar refractivity (Wildman–Crippen MR) is 195 cm³/mol. The summed E-state index contributed by atoms with van der Waals surface area (Å²) in [6.07, 6.45) is 6.40. The van der Waals surface area contributed by atoms with E-state index in [4.69, 9.17) is 25.8 Å². The Kier molecular flexibility index (Phi) is 9.83. The lowest BCUT2D eigenvalue weighted by atomic mass is 9.64. The maximum absolute atomic E-state index is 13.6. The Morgan fingerprint density at radius 3 is 2.51 bits per heavy atom. The molecule has 278 valence electrons. The number of halogens is 2. The van der Waals surface area contributed by atoms with Gasteiger partial charge in [0.2, 0.25) is 10.0 Å². The highest BCUT2D eigenvalue weighted by molar-refractivity contribution is 7.90. The highest BCUT2D eigenvalue weighted by Crippen LogP contribution is 2.49. The largest absolute Gasteiger partial charge is 0.490 e. The van der Waals surface area contributed by atoms with Gasteiger partial charge in [0, 0.05) is 48.1 Å². The quantitative estimate of drug-likeness (QED) is 0.394. The number of fused-ring (bicyclic) bond motifs is 4. The van der Waals surface area contributed by atoms with Crippen LogP contribution in [0.1, 0.15) is 80.3 Å². The Hall–Kier alpha value is -2.44. The van der Waals surface area contributed by atoms with Crippen molar-refractivity contribution in [1.29, 1.82) is 0 Å². The van der Waals surface area contributed by atoms with Gasteiger partial charge >= 0.3 is 0 Å². The van der Waals surface area contributed by atoms with Gasteiger partial charge in [0.1, 0.15) is 11.9 Å². The maximum Gasteiger partial charge on any atom is 0.264 e. The van der Waals surface area contributed by atoms with Crippen molar-refractivity contribution in [2.45, 2.75) is 94.4 Å². The maximum atomic E-state index is 13.6. The summed E-state index contributed by atoms with van der Waals surface area (Å²) in [6.45, 7) is 7.58. The molecule has 9 nitrogen and oxygen atoms in total. The number of ether oxygens (including phenoxy) is 3. The van der Waals surface area contributed by atoms with Crippen molar-refractivity contribution in [3.63, 3.8) is 0 Å². The van der Waals surface area contributed by atoms with Crippen molar-refractivity contribution in [3.05, 3.63) is 58.1 Å². The molecular formula is C39H51ClFN3O6S. The summed E-state index contributed by atoms with van der Waals surface area (Å²) in [6, 6.07) is 11.6. The van der Waals surface area contributed by atoms with Crippen molar-refractivity contribution in [1.82, 2.24) is 9.62 Å². The monoisotopic (exact) mass is 743 g/mol. The number of sulfonamides is 1. The van der Waals surface area contributed by atoms with E-state index in [0.717, 1.165) is 62.2 Å². The Morgan fingerprint density at radius 1 is 0.961 bits per heavy atom. The first-order valence-electron chi connectivity index (χ1n) is 19.0. The van der Waals surface area contributed by atoms with Crippen LogP contribution >= 0.6 is 11.6 Å². The van der Waals surface area contributed by atoms with Crippen LogP contribution in [0.15, 0.2) is 36.4 Å². The number of nitrogens with one attached hydrogen (secondary N) is 1. The number of likely N-dealkylation sites (tertiary alicyclic amines) is 1. The molecule has 3 fully saturated rings. The topological polar surface area (TPSA) is 97.4 Å². The van der Waals surface area contributed by atoms with E-state index < -0.39 is 27.4 Å². The van der Waals surface area contributed by atoms with Crippen LogP contribution < -0.4 is 14.4 Å². The molecule has 4 aliphatic heterocycles. The van der Waals surface area contributed by atoms with Crippen molar-refractivity contribution in [2.75, 3.05) is 50.9 Å². The SMILES string of the molecule is C[C@@H]1[C@@H](C)CCC[C@@H](C2OCC(N3CC(F)C3)CO2)[C@@H]2CC[C@H]2CN2C[C@@]3(CCCc4cc(Cl)ccc43)COc3ccc(cc32)C(=O)NS1(=O)=O. The number of hydrogen-bond donors (Lipinski definition) is 1. The third-order valence-electron chi connectivity index (χ3n) is 13.1. The second kappa shape index (κ2) is 14.1. The van der Waals surface area contributed by atoms with E-state index in [0.29, 0.717) is 69.0 Å². The lowest BCUT2D eigenvalue weighted by Gasteiger charge is -2.50. The van der Waals surface area contributed by atoms with Crippen LogP contribution in [0.2, 0.25) is 5.02 Å². The zero-order valence-corrected chi connectivity index (χ0v) is 31.3. The molecule has 2 bridgehead atoms. The summed E-state index contributed by atoms with van der Waals surface area (Å²) < 4.78 is 62.7. The number of rotatable bonds is 2. The van der Waals surface area contributed by atoms with E-state index in [2.05, 4.69) is 26.7 Å². The summed E-state index contributed by atoms with van der Waals surface area (Å²) >= 11 is 6.47. The van der Waals surface area contributed by atoms with Gasteiger partial charge in [-0.1, -0.05) is 31.0 Å². The molecule has 6 atom stereocenters. The molecule has 0 unspecified atom stereocenters. The van der Waals surface area contributed by atoms with Crippen LogP contribution in [-0.2, 0) is 31.3 Å². The average Bonchev–Trinajstić information content (AvgIpc) is 3.24. The minimum Gasteiger partial charge on any atom is -0.490 e. The number of anilines is 1. The average molecular weight is 744 g/mol. The van der Waals surface area contributed by atoms with Gasteiger partial charge in [-0.05, 0) is 111 Å². The molecular weight excluding hydrogens is 693 g/mol. The molecule has 2 aromatic rings. The second-order valence-corrected chi connectivity index (χ2v) is 18.8. The minimum absolute atomic E-state index is 0.0742. The van der Waals surface area contributed by atoms with Gasteiger partial charge < -0.3 is 19.1 Å². The van der Waals surface area contributed by atoms with Crippen molar-refractivity contribution in [3.8, 4) is 5.75 Å². The van der Waals surface area contributed by atoms with Crippen molar-refractivity contribution >= 4 is 33.2 Å². The Labute approximate surface area is 306 Å². The Bertz CT molecular complexity index is 1730. The number of carbonyl (C=O) groups excluding carboxylic acids is 1. The second-order valence-electron chi connectivity index (χ2n) is 16.3. The standard InChI is InChI=1S/C39H51ClFN3O6S/c1-24-5-3-7-33(38-48-20-31(21-49-38)43-18-30(41)19-43)32-11-8-28(32)17-44-22-39(14-4-6-26-15-29(40)10-12-34(26)39)23-50-36-13-9-27(16-35(36)44)37(45)42-51(46,47)25(24)2/h9-10,12-13,15-16,24-25,28,30-33,38H,3-8,11,14,17-23H2,1-2H3,(H,42,45)/t24-,25+,28-,31?,32+,33+,38?,39-/m0/s1. The van der Waals surface area contributed by atoms with Crippen molar-refractivity contribution < 1.29 is 31.8 Å². The van der Waals surface area contributed by atoms with Crippen LogP contribution in [0.5, 0.6) is 5.75 Å². The van der Waals surface area contributed by atoms with Gasteiger partial charge in [-0.3, -0.25) is 9.69 Å². The van der Waals surface area contributed by atoms with E-state index in [-0.39, 0.29) is 29.6 Å². The lowest BCUT2D eigenvalue weighted by Crippen LogP contribution is -2.59. The highest BCUT2D eigenvalue weighted by atomic mass is 35.5. The number of nitrogens with zero attached hydrogens (tertiary/aromatic N) is 2. The first kappa shape index (κ1) is 35.6. The number of alkyl halides is 1. The first-order valence-corrected chi connectivity index (χ1v) is 20.9. The summed E-state index contributed by atoms with van der Waals surface area (Å²) in [7, 11) is -3.93. The molecule has 2 aliphatic carbocycles. The molecule has 1 saturated carbocycles. The molecule has 4 heterocycles. The molecule has 1 N–H and O–H groups in total. The van der Waals surface area contributed by atoms with Crippen LogP contribution in [0.25, 0.3) is 0 Å². The molecule has 2 saturated heterocycles. The van der Waals surface area contributed by atoms with E-state index in [1.165, 1.54) is 11.1 Å². The summed E-state index contributed by atoms with van der Waals surface area (Å²) in [5, 5.41) is -0.00953. The van der Waals surface area contributed by atoms with Gasteiger partial charge in [0.05, 0.1) is 36.8 Å². The molecule has 2 aromatic carbocycles. The smallest absolute Gasteiger partial charge is 0.264 e. The molecule has 51 heavy (non-hydrogen) atoms. The molecule has 12 heteroatoms. The summed E-state index contributed by atoms with van der Waals surface area (Å²) in [5.74, 6) is 0.826. The van der Waals surface area contributed by atoms with Gasteiger partial charge in [0.15, 0.2) is 6.29 Å². The number of benzene rings is 2. The normalized spacial score (nSPS) is 36.0. The number of aryl methyl sites for hydroxylation is 1. The third kappa shape index (κ3) is 6.91.